The van der Waals surface area contributed by atoms with Gasteiger partial charge in [0.1, 0.15) is 0 Å². The van der Waals surface area contributed by atoms with Crippen LogP contribution in [0.2, 0.25) is 0 Å². The zero-order valence-electron chi connectivity index (χ0n) is 14.8. The van der Waals surface area contributed by atoms with Crippen LogP contribution >= 0.6 is 36.2 Å². The Bertz CT molecular complexity index is 583. The minimum atomic E-state index is 0. The molecule has 1 aromatic carbocycles. The van der Waals surface area contributed by atoms with Gasteiger partial charge in [0, 0.05) is 18.3 Å². The third-order valence-electron chi connectivity index (χ3n) is 4.69. The fraction of sp³-hybridized carbons (Fsp3) is 0.526. The second kappa shape index (κ2) is 11.9. The highest BCUT2D eigenvalue weighted by atomic mass is 35.5. The maximum Gasteiger partial charge on any atom is 0.0972 e. The van der Waals surface area contributed by atoms with E-state index in [0.29, 0.717) is 0 Å². The van der Waals surface area contributed by atoms with Gasteiger partial charge in [0.2, 0.25) is 0 Å². The minimum absolute atomic E-state index is 0. The number of likely N-dealkylation sites (tertiary alicyclic amines) is 1. The lowest BCUT2D eigenvalue weighted by Gasteiger charge is -2.31. The smallest absolute Gasteiger partial charge is 0.0972 e. The van der Waals surface area contributed by atoms with Gasteiger partial charge >= 0.3 is 0 Å². The van der Waals surface area contributed by atoms with Gasteiger partial charge in [-0.15, -0.1) is 36.2 Å². The number of thiazole rings is 1. The normalized spacial score (nSPS) is 15.4. The van der Waals surface area contributed by atoms with E-state index in [1.54, 1.807) is 11.3 Å². The van der Waals surface area contributed by atoms with Gasteiger partial charge in [0.25, 0.3) is 0 Å². The van der Waals surface area contributed by atoms with Gasteiger partial charge in [0.15, 0.2) is 0 Å². The number of hydrogen-bond acceptors (Lipinski definition) is 4. The topological polar surface area (TPSA) is 28.2 Å². The van der Waals surface area contributed by atoms with Gasteiger partial charge < -0.3 is 5.32 Å². The van der Waals surface area contributed by atoms with Crippen molar-refractivity contribution in [3.8, 4) is 0 Å². The van der Waals surface area contributed by atoms with Crippen molar-refractivity contribution in [1.29, 1.82) is 0 Å². The highest BCUT2D eigenvalue weighted by Gasteiger charge is 2.19. The van der Waals surface area contributed by atoms with Gasteiger partial charge in [-0.2, -0.15) is 0 Å². The second-order valence-electron chi connectivity index (χ2n) is 6.51. The van der Waals surface area contributed by atoms with E-state index in [1.807, 2.05) is 7.05 Å². The number of nitrogens with zero attached hydrogens (tertiary/aromatic N) is 2. The average Bonchev–Trinajstić information content (AvgIpc) is 3.02. The lowest BCUT2D eigenvalue weighted by molar-refractivity contribution is 0.171. The summed E-state index contributed by atoms with van der Waals surface area (Å²) in [5.41, 5.74) is 2.59. The summed E-state index contributed by atoms with van der Waals surface area (Å²) in [6, 6.07) is 10.6. The third-order valence-corrected chi connectivity index (χ3v) is 5.59. The molecule has 140 valence electrons. The largest absolute Gasteiger partial charge is 0.320 e. The summed E-state index contributed by atoms with van der Waals surface area (Å²) < 4.78 is 0. The summed E-state index contributed by atoms with van der Waals surface area (Å²) in [7, 11) is 2.05. The summed E-state index contributed by atoms with van der Waals surface area (Å²) in [4.78, 5) is 7.40. The summed E-state index contributed by atoms with van der Waals surface area (Å²) in [6.45, 7) is 4.61. The van der Waals surface area contributed by atoms with Crippen molar-refractivity contribution < 1.29 is 0 Å². The van der Waals surface area contributed by atoms with E-state index in [9.17, 15) is 0 Å². The molecule has 1 fully saturated rings. The van der Waals surface area contributed by atoms with Gasteiger partial charge in [-0.3, -0.25) is 4.90 Å². The van der Waals surface area contributed by atoms with E-state index in [1.165, 1.54) is 48.6 Å². The molecule has 25 heavy (non-hydrogen) atoms. The predicted molar refractivity (Wildman–Crippen MR) is 112 cm³/mol. The first kappa shape index (κ1) is 22.4. The van der Waals surface area contributed by atoms with E-state index < -0.39 is 0 Å². The first-order chi connectivity index (χ1) is 11.3. The molecule has 0 saturated carbocycles. The number of rotatable bonds is 7. The van der Waals surface area contributed by atoms with Crippen molar-refractivity contribution in [1.82, 2.24) is 15.2 Å². The van der Waals surface area contributed by atoms with Crippen molar-refractivity contribution in [3.63, 3.8) is 0 Å². The molecule has 0 unspecified atom stereocenters. The molecular weight excluding hydrogens is 373 g/mol. The van der Waals surface area contributed by atoms with Gasteiger partial charge in [-0.25, -0.2) is 4.98 Å². The molecule has 3 nitrogen and oxygen atoms in total. The number of piperidine rings is 1. The Morgan fingerprint density at radius 2 is 1.88 bits per heavy atom. The first-order valence-corrected chi connectivity index (χ1v) is 9.55. The Morgan fingerprint density at radius 3 is 2.56 bits per heavy atom. The molecule has 0 spiro atoms. The molecule has 1 aromatic heterocycles. The van der Waals surface area contributed by atoms with Crippen molar-refractivity contribution >= 4 is 36.2 Å². The number of halogens is 2. The predicted octanol–water partition coefficient (Wildman–Crippen LogP) is 4.40. The van der Waals surface area contributed by atoms with E-state index in [-0.39, 0.29) is 24.8 Å². The minimum Gasteiger partial charge on any atom is -0.320 e. The summed E-state index contributed by atoms with van der Waals surface area (Å²) in [6.07, 6.45) is 4.95. The van der Waals surface area contributed by atoms with E-state index >= 15 is 0 Å². The number of nitrogens with one attached hydrogen (secondary N) is 1. The fourth-order valence-electron chi connectivity index (χ4n) is 3.28. The summed E-state index contributed by atoms with van der Waals surface area (Å²) in [5, 5.41) is 6.74. The van der Waals surface area contributed by atoms with Gasteiger partial charge in [-0.05, 0) is 57.4 Å². The fourth-order valence-corrected chi connectivity index (χ4v) is 4.10. The van der Waals surface area contributed by atoms with Crippen LogP contribution in [0.3, 0.4) is 0 Å². The third kappa shape index (κ3) is 7.24. The molecule has 1 saturated heterocycles. The van der Waals surface area contributed by atoms with Gasteiger partial charge in [0.05, 0.1) is 10.7 Å². The van der Waals surface area contributed by atoms with E-state index in [4.69, 9.17) is 4.98 Å². The van der Waals surface area contributed by atoms with Crippen LogP contribution in [-0.2, 0) is 13.0 Å². The molecule has 0 aliphatic carbocycles. The van der Waals surface area contributed by atoms with Crippen molar-refractivity contribution in [2.45, 2.75) is 32.2 Å². The van der Waals surface area contributed by atoms with Crippen LogP contribution < -0.4 is 5.32 Å². The number of benzene rings is 1. The van der Waals surface area contributed by atoms with Crippen LogP contribution in [0, 0.1) is 5.92 Å². The molecule has 1 N–H and O–H groups in total. The lowest BCUT2D eigenvalue weighted by atomic mass is 9.93. The molecule has 1 aliphatic rings. The standard InChI is InChI=1S/C19H27N3S.2ClH/c1-20-10-7-16-8-11-22(12-9-16)14-18-15-23-19(21-18)13-17-5-3-2-4-6-17;;/h2-6,15-16,20H,7-14H2,1H3;2*1H. The molecule has 6 heteroatoms. The Balaban J connectivity index is 0.00000156. The number of hydrogen-bond donors (Lipinski definition) is 1. The Kier molecular flexibility index (Phi) is 10.6. The molecule has 2 aromatic rings. The van der Waals surface area contributed by atoms with Crippen LogP contribution in [0.5, 0.6) is 0 Å². The molecule has 2 heterocycles. The second-order valence-corrected chi connectivity index (χ2v) is 7.45. The van der Waals surface area contributed by atoms with Crippen LogP contribution in [0.4, 0.5) is 0 Å². The molecule has 0 bridgehead atoms. The van der Waals surface area contributed by atoms with Crippen molar-refractivity contribution in [2.24, 2.45) is 5.92 Å². The van der Waals surface area contributed by atoms with E-state index in [0.717, 1.165) is 25.4 Å². The van der Waals surface area contributed by atoms with Crippen LogP contribution in [0.1, 0.15) is 35.5 Å². The zero-order valence-corrected chi connectivity index (χ0v) is 17.3. The van der Waals surface area contributed by atoms with Crippen molar-refractivity contribution in [3.05, 3.63) is 52.0 Å². The maximum atomic E-state index is 4.84. The van der Waals surface area contributed by atoms with Gasteiger partial charge in [-0.1, -0.05) is 30.3 Å². The molecule has 0 atom stereocenters. The Labute approximate surface area is 168 Å². The highest BCUT2D eigenvalue weighted by molar-refractivity contribution is 7.09. The Hall–Kier alpha value is -0.650. The summed E-state index contributed by atoms with van der Waals surface area (Å²) in [5.74, 6) is 0.905. The molecule has 1 aliphatic heterocycles. The van der Waals surface area contributed by atoms with Crippen LogP contribution in [0.15, 0.2) is 35.7 Å². The lowest BCUT2D eigenvalue weighted by Crippen LogP contribution is -2.34. The van der Waals surface area contributed by atoms with Crippen LogP contribution in [0.25, 0.3) is 0 Å². The average molecular weight is 402 g/mol. The monoisotopic (exact) mass is 401 g/mol. The number of aromatic nitrogens is 1. The zero-order chi connectivity index (χ0) is 15.9. The first-order valence-electron chi connectivity index (χ1n) is 8.67. The Morgan fingerprint density at radius 1 is 1.16 bits per heavy atom. The molecular formula is C19H29Cl2N3S. The quantitative estimate of drug-likeness (QED) is 0.744. The molecule has 3 rings (SSSR count). The highest BCUT2D eigenvalue weighted by Crippen LogP contribution is 2.22. The maximum absolute atomic E-state index is 4.84. The SMILES string of the molecule is CNCCC1CCN(Cc2csc(Cc3ccccc3)n2)CC1.Cl.Cl. The molecule has 0 amide bonds. The van der Waals surface area contributed by atoms with E-state index in [2.05, 4.69) is 45.9 Å². The summed E-state index contributed by atoms with van der Waals surface area (Å²) >= 11 is 1.80. The van der Waals surface area contributed by atoms with Crippen LogP contribution in [-0.4, -0.2) is 36.6 Å². The van der Waals surface area contributed by atoms with Crippen molar-refractivity contribution in [2.75, 3.05) is 26.7 Å². The molecule has 0 radical (unpaired) electrons.